The molecule has 2 rings (SSSR count). The Morgan fingerprint density at radius 2 is 2.29 bits per heavy atom. The summed E-state index contributed by atoms with van der Waals surface area (Å²) in [6.07, 6.45) is 1.26. The van der Waals surface area contributed by atoms with E-state index < -0.39 is 0 Å². The molecule has 0 aliphatic carbocycles. The van der Waals surface area contributed by atoms with Gasteiger partial charge in [0.2, 0.25) is 0 Å². The summed E-state index contributed by atoms with van der Waals surface area (Å²) in [6, 6.07) is 8.73. The average molecular weight is 254 g/mol. The molecule has 2 heteroatoms. The van der Waals surface area contributed by atoms with Crippen LogP contribution in [0.3, 0.4) is 0 Å². The van der Waals surface area contributed by atoms with Gasteiger partial charge < -0.3 is 5.32 Å². The van der Waals surface area contributed by atoms with E-state index in [0.29, 0.717) is 0 Å². The van der Waals surface area contributed by atoms with Crippen LogP contribution in [0.4, 0.5) is 0 Å². The molecule has 0 bridgehead atoms. The first-order chi connectivity index (χ1) is 6.77. The maximum Gasteiger partial charge on any atom is 0.0178 e. The van der Waals surface area contributed by atoms with Gasteiger partial charge in [-0.15, -0.1) is 0 Å². The first-order valence-electron chi connectivity index (χ1n) is 5.23. The van der Waals surface area contributed by atoms with Crippen LogP contribution in [-0.2, 0) is 0 Å². The third-order valence-electron chi connectivity index (χ3n) is 3.06. The van der Waals surface area contributed by atoms with E-state index in [1.54, 1.807) is 0 Å². The Morgan fingerprint density at radius 1 is 1.43 bits per heavy atom. The maximum absolute atomic E-state index is 3.53. The van der Waals surface area contributed by atoms with Crippen LogP contribution >= 0.6 is 15.9 Å². The Kier molecular flexibility index (Phi) is 3.24. The number of nitrogens with one attached hydrogen (secondary N) is 1. The highest BCUT2D eigenvalue weighted by Gasteiger charge is 2.22. The summed E-state index contributed by atoms with van der Waals surface area (Å²) in [7, 11) is 0. The SMILES string of the molecule is CC1CNCCC1c1cccc(Br)c1. The fraction of sp³-hybridized carbons (Fsp3) is 0.500. The largest absolute Gasteiger partial charge is 0.316 e. The first kappa shape index (κ1) is 10.2. The van der Waals surface area contributed by atoms with Crippen molar-refractivity contribution >= 4 is 15.9 Å². The summed E-state index contributed by atoms with van der Waals surface area (Å²) < 4.78 is 1.20. The summed E-state index contributed by atoms with van der Waals surface area (Å²) >= 11 is 3.53. The number of halogens is 1. The predicted molar refractivity (Wildman–Crippen MR) is 63.5 cm³/mol. The molecule has 1 nitrogen and oxygen atoms in total. The molecule has 0 amide bonds. The highest BCUT2D eigenvalue weighted by atomic mass is 79.9. The Labute approximate surface area is 94.0 Å². The summed E-state index contributed by atoms with van der Waals surface area (Å²) in [4.78, 5) is 0. The Balaban J connectivity index is 2.20. The maximum atomic E-state index is 3.53. The normalized spacial score (nSPS) is 27.6. The first-order valence-corrected chi connectivity index (χ1v) is 6.03. The molecular formula is C12H16BrN. The van der Waals surface area contributed by atoms with Crippen LogP contribution in [0.2, 0.25) is 0 Å². The molecule has 0 radical (unpaired) electrons. The van der Waals surface area contributed by atoms with Crippen LogP contribution in [0.1, 0.15) is 24.8 Å². The van der Waals surface area contributed by atoms with Crippen molar-refractivity contribution in [2.45, 2.75) is 19.3 Å². The van der Waals surface area contributed by atoms with Crippen molar-refractivity contribution in [3.05, 3.63) is 34.3 Å². The van der Waals surface area contributed by atoms with Crippen molar-refractivity contribution < 1.29 is 0 Å². The van der Waals surface area contributed by atoms with Gasteiger partial charge in [0.05, 0.1) is 0 Å². The summed E-state index contributed by atoms with van der Waals surface area (Å²) in [5.74, 6) is 1.48. The monoisotopic (exact) mass is 253 g/mol. The highest BCUT2D eigenvalue weighted by molar-refractivity contribution is 9.10. The summed E-state index contributed by atoms with van der Waals surface area (Å²) in [5, 5.41) is 3.44. The van der Waals surface area contributed by atoms with Gasteiger partial charge in [-0.3, -0.25) is 0 Å². The lowest BCUT2D eigenvalue weighted by atomic mass is 9.82. The van der Waals surface area contributed by atoms with Crippen molar-refractivity contribution in [1.82, 2.24) is 5.32 Å². The van der Waals surface area contributed by atoms with Crippen molar-refractivity contribution in [3.63, 3.8) is 0 Å². The fourth-order valence-electron chi connectivity index (χ4n) is 2.25. The molecule has 2 atom stereocenters. The molecule has 1 saturated heterocycles. The number of piperidine rings is 1. The van der Waals surface area contributed by atoms with Gasteiger partial charge in [0.25, 0.3) is 0 Å². The third kappa shape index (κ3) is 2.18. The summed E-state index contributed by atoms with van der Waals surface area (Å²) in [5.41, 5.74) is 1.48. The van der Waals surface area contributed by atoms with Crippen molar-refractivity contribution in [2.24, 2.45) is 5.92 Å². The minimum absolute atomic E-state index is 0.730. The van der Waals surface area contributed by atoms with E-state index in [0.717, 1.165) is 24.9 Å². The summed E-state index contributed by atoms with van der Waals surface area (Å²) in [6.45, 7) is 4.64. The molecule has 76 valence electrons. The number of rotatable bonds is 1. The zero-order valence-electron chi connectivity index (χ0n) is 8.46. The fourth-order valence-corrected chi connectivity index (χ4v) is 2.66. The number of hydrogen-bond acceptors (Lipinski definition) is 1. The minimum atomic E-state index is 0.730. The second kappa shape index (κ2) is 4.45. The van der Waals surface area contributed by atoms with E-state index >= 15 is 0 Å². The Hall–Kier alpha value is -0.340. The molecule has 14 heavy (non-hydrogen) atoms. The highest BCUT2D eigenvalue weighted by Crippen LogP contribution is 2.31. The van der Waals surface area contributed by atoms with Crippen molar-refractivity contribution in [2.75, 3.05) is 13.1 Å². The molecule has 0 saturated carbocycles. The van der Waals surface area contributed by atoms with Gasteiger partial charge in [0.15, 0.2) is 0 Å². The van der Waals surface area contributed by atoms with Crippen LogP contribution in [0, 0.1) is 5.92 Å². The molecule has 1 aliphatic heterocycles. The van der Waals surface area contributed by atoms with Gasteiger partial charge in [-0.1, -0.05) is 35.0 Å². The molecular weight excluding hydrogens is 238 g/mol. The van der Waals surface area contributed by atoms with Gasteiger partial charge in [0.1, 0.15) is 0 Å². The standard InChI is InChI=1S/C12H16BrN/c1-9-8-14-6-5-12(9)10-3-2-4-11(13)7-10/h2-4,7,9,12,14H,5-6,8H2,1H3. The molecule has 1 fully saturated rings. The van der Waals surface area contributed by atoms with Crippen LogP contribution in [-0.4, -0.2) is 13.1 Å². The number of benzene rings is 1. The minimum Gasteiger partial charge on any atom is -0.316 e. The zero-order chi connectivity index (χ0) is 9.97. The van der Waals surface area contributed by atoms with Crippen LogP contribution < -0.4 is 5.32 Å². The van der Waals surface area contributed by atoms with Gasteiger partial charge in [-0.25, -0.2) is 0 Å². The smallest absolute Gasteiger partial charge is 0.0178 e. The van der Waals surface area contributed by atoms with Gasteiger partial charge >= 0.3 is 0 Å². The quantitative estimate of drug-likeness (QED) is 0.811. The molecule has 1 aliphatic rings. The lowest BCUT2D eigenvalue weighted by Crippen LogP contribution is -2.33. The Morgan fingerprint density at radius 3 is 3.00 bits per heavy atom. The molecule has 0 spiro atoms. The van der Waals surface area contributed by atoms with E-state index in [-0.39, 0.29) is 0 Å². The van der Waals surface area contributed by atoms with E-state index in [1.165, 1.54) is 16.5 Å². The molecule has 1 N–H and O–H groups in total. The van der Waals surface area contributed by atoms with Crippen LogP contribution in [0.25, 0.3) is 0 Å². The second-order valence-electron chi connectivity index (χ2n) is 4.13. The van der Waals surface area contributed by atoms with Gasteiger partial charge in [-0.2, -0.15) is 0 Å². The second-order valence-corrected chi connectivity index (χ2v) is 5.05. The van der Waals surface area contributed by atoms with Crippen molar-refractivity contribution in [3.8, 4) is 0 Å². The van der Waals surface area contributed by atoms with Gasteiger partial charge in [0, 0.05) is 4.47 Å². The van der Waals surface area contributed by atoms with Crippen LogP contribution in [0.5, 0.6) is 0 Å². The number of hydrogen-bond donors (Lipinski definition) is 1. The lowest BCUT2D eigenvalue weighted by Gasteiger charge is -2.29. The third-order valence-corrected chi connectivity index (χ3v) is 3.56. The van der Waals surface area contributed by atoms with Crippen molar-refractivity contribution in [1.29, 1.82) is 0 Å². The predicted octanol–water partition coefficient (Wildman–Crippen LogP) is 3.16. The average Bonchev–Trinajstić information content (AvgIpc) is 2.18. The molecule has 0 aromatic heterocycles. The molecule has 1 heterocycles. The Bertz CT molecular complexity index is 311. The van der Waals surface area contributed by atoms with E-state index in [1.807, 2.05) is 0 Å². The zero-order valence-corrected chi connectivity index (χ0v) is 10.0. The van der Waals surface area contributed by atoms with E-state index in [2.05, 4.69) is 52.4 Å². The van der Waals surface area contributed by atoms with E-state index in [9.17, 15) is 0 Å². The molecule has 2 unspecified atom stereocenters. The van der Waals surface area contributed by atoms with Crippen LogP contribution in [0.15, 0.2) is 28.7 Å². The molecule has 1 aromatic carbocycles. The van der Waals surface area contributed by atoms with E-state index in [4.69, 9.17) is 0 Å². The topological polar surface area (TPSA) is 12.0 Å². The molecule has 1 aromatic rings. The van der Waals surface area contributed by atoms with Gasteiger partial charge in [-0.05, 0) is 49.0 Å². The lowest BCUT2D eigenvalue weighted by molar-refractivity contribution is 0.349.